The first-order valence-electron chi connectivity index (χ1n) is 6.97. The van der Waals surface area contributed by atoms with E-state index in [1.54, 1.807) is 0 Å². The number of hydrogen-bond acceptors (Lipinski definition) is 11. The molecule has 1 aliphatic rings. The van der Waals surface area contributed by atoms with Gasteiger partial charge in [0.25, 0.3) is 11.8 Å². The topological polar surface area (TPSA) is 245 Å². The molecule has 0 bridgehead atoms. The Labute approximate surface area is 189 Å². The molecule has 0 unspecified atom stereocenters. The fourth-order valence-electron chi connectivity index (χ4n) is 2.10. The van der Waals surface area contributed by atoms with Gasteiger partial charge in [0.05, 0.1) is 0 Å². The van der Waals surface area contributed by atoms with Crippen LogP contribution in [0, 0.1) is 0 Å². The van der Waals surface area contributed by atoms with Crippen LogP contribution in [-0.2, 0) is 34.3 Å². The molecule has 0 spiro atoms. The zero-order valence-electron chi connectivity index (χ0n) is 15.5. The van der Waals surface area contributed by atoms with Gasteiger partial charge in [-0.25, -0.2) is 9.78 Å². The van der Waals surface area contributed by atoms with Crippen LogP contribution in [0.2, 0.25) is 0 Å². The number of nitrogens with two attached hydrogens (primary N) is 2. The van der Waals surface area contributed by atoms with E-state index in [0.29, 0.717) is 0 Å². The Morgan fingerprint density at radius 1 is 1.45 bits per heavy atom. The summed E-state index contributed by atoms with van der Waals surface area (Å²) in [5, 5.41) is 15.2. The Balaban J connectivity index is 0.00000420. The van der Waals surface area contributed by atoms with Gasteiger partial charge in [0.2, 0.25) is 12.5 Å². The molecule has 1 saturated heterocycles. The molecule has 1 aromatic heterocycles. The third kappa shape index (κ3) is 5.61. The summed E-state index contributed by atoms with van der Waals surface area (Å²) < 4.78 is 31.1. The number of aromatic nitrogens is 1. The molecule has 0 aromatic carbocycles. The van der Waals surface area contributed by atoms with Crippen molar-refractivity contribution < 1.29 is 73.1 Å². The van der Waals surface area contributed by atoms with E-state index in [4.69, 9.17) is 21.1 Å². The van der Waals surface area contributed by atoms with Crippen LogP contribution >= 0.6 is 11.3 Å². The molecule has 154 valence electrons. The smallest absolute Gasteiger partial charge is 1.00 e. The number of carboxylic acid groups (broad SMARTS) is 1. The predicted molar refractivity (Wildman–Crippen MR) is 91.1 cm³/mol. The van der Waals surface area contributed by atoms with E-state index in [1.165, 1.54) is 5.38 Å². The number of thiazole rings is 1. The van der Waals surface area contributed by atoms with Gasteiger partial charge in [-0.15, -0.1) is 11.3 Å². The van der Waals surface area contributed by atoms with Crippen LogP contribution in [0.15, 0.2) is 10.5 Å². The van der Waals surface area contributed by atoms with Crippen molar-refractivity contribution in [1.29, 1.82) is 0 Å². The second kappa shape index (κ2) is 9.46. The zero-order chi connectivity index (χ0) is 21.2. The van der Waals surface area contributed by atoms with Crippen LogP contribution in [0.4, 0.5) is 5.13 Å². The van der Waals surface area contributed by atoms with Crippen LogP contribution < -0.4 is 46.3 Å². The van der Waals surface area contributed by atoms with E-state index in [1.807, 2.05) is 5.32 Å². The molecule has 0 aliphatic carbocycles. The SMILES string of the molecule is NC(=O)[C@@H]1[C@H](NC(=O)C(=NOCC(=O)O)c2csc(N)n2)C(=O)N1S(=O)(=O)O.[H-].[Na+]. The average Bonchev–Trinajstić information content (AvgIpc) is 2.97. The summed E-state index contributed by atoms with van der Waals surface area (Å²) in [4.78, 5) is 54.5. The summed E-state index contributed by atoms with van der Waals surface area (Å²) in [6.45, 7) is -0.904. The number of hydrogen-bond donors (Lipinski definition) is 5. The Morgan fingerprint density at radius 3 is 2.52 bits per heavy atom. The molecule has 1 aliphatic heterocycles. The summed E-state index contributed by atoms with van der Waals surface area (Å²) in [5.74, 6) is -5.22. The summed E-state index contributed by atoms with van der Waals surface area (Å²) in [5.41, 5.74) is 9.72. The molecule has 0 saturated carbocycles. The van der Waals surface area contributed by atoms with Gasteiger partial charge in [0.1, 0.15) is 11.7 Å². The predicted octanol–water partition coefficient (Wildman–Crippen LogP) is -6.37. The number of anilines is 1. The molecule has 0 radical (unpaired) electrons. The van der Waals surface area contributed by atoms with Crippen LogP contribution in [0.5, 0.6) is 0 Å². The minimum absolute atomic E-state index is 0. The van der Waals surface area contributed by atoms with Crippen molar-refractivity contribution in [3.8, 4) is 0 Å². The number of nitrogens with zero attached hydrogens (tertiary/aromatic N) is 3. The van der Waals surface area contributed by atoms with Crippen LogP contribution in [0.25, 0.3) is 0 Å². The van der Waals surface area contributed by atoms with Crippen LogP contribution in [-0.4, -0.2) is 75.5 Å². The van der Waals surface area contributed by atoms with Gasteiger partial charge >= 0.3 is 45.8 Å². The Kier molecular flexibility index (Phi) is 8.07. The van der Waals surface area contributed by atoms with E-state index in [0.717, 1.165) is 11.3 Å². The number of carbonyl (C=O) groups is 4. The number of carbonyl (C=O) groups excluding carboxylic acids is 3. The van der Waals surface area contributed by atoms with Gasteiger partial charge in [0.15, 0.2) is 16.9 Å². The molecular formula is C11H13N6NaO9S2. The molecule has 1 aromatic rings. The molecule has 3 amide bonds. The van der Waals surface area contributed by atoms with Crippen molar-refractivity contribution in [2.24, 2.45) is 10.9 Å². The van der Waals surface area contributed by atoms with Crippen LogP contribution in [0.3, 0.4) is 0 Å². The van der Waals surface area contributed by atoms with Crippen molar-refractivity contribution in [3.05, 3.63) is 11.1 Å². The number of carboxylic acids is 1. The monoisotopic (exact) mass is 460 g/mol. The molecule has 7 N–H and O–H groups in total. The maximum atomic E-state index is 12.4. The van der Waals surface area contributed by atoms with Gasteiger partial charge in [-0.3, -0.25) is 18.9 Å². The summed E-state index contributed by atoms with van der Waals surface area (Å²) in [6.07, 6.45) is 0. The molecule has 29 heavy (non-hydrogen) atoms. The summed E-state index contributed by atoms with van der Waals surface area (Å²) in [6, 6.07) is -3.61. The molecule has 1 fully saturated rings. The molecular weight excluding hydrogens is 447 g/mol. The van der Waals surface area contributed by atoms with Crippen molar-refractivity contribution in [2.75, 3.05) is 12.3 Å². The van der Waals surface area contributed by atoms with Gasteiger partial charge < -0.3 is 28.2 Å². The number of nitrogen functional groups attached to an aromatic ring is 1. The number of nitrogens with one attached hydrogen (secondary N) is 1. The van der Waals surface area contributed by atoms with Crippen molar-refractivity contribution in [1.82, 2.24) is 14.6 Å². The summed E-state index contributed by atoms with van der Waals surface area (Å²) in [7, 11) is -5.09. The molecule has 2 rings (SSSR count). The number of β-lactam (4-membered cyclic amide) rings is 1. The van der Waals surface area contributed by atoms with E-state index in [2.05, 4.69) is 15.0 Å². The van der Waals surface area contributed by atoms with Gasteiger partial charge in [-0.1, -0.05) is 5.16 Å². The maximum absolute atomic E-state index is 12.4. The molecule has 18 heteroatoms. The van der Waals surface area contributed by atoms with Crippen LogP contribution in [0.1, 0.15) is 7.12 Å². The quantitative estimate of drug-likeness (QED) is 0.0802. The largest absolute Gasteiger partial charge is 1.00 e. The van der Waals surface area contributed by atoms with Crippen molar-refractivity contribution in [2.45, 2.75) is 12.1 Å². The third-order valence-corrected chi connectivity index (χ3v) is 4.78. The third-order valence-electron chi connectivity index (χ3n) is 3.20. The summed E-state index contributed by atoms with van der Waals surface area (Å²) >= 11 is 0.911. The van der Waals surface area contributed by atoms with E-state index in [-0.39, 0.29) is 46.1 Å². The number of aliphatic carboxylic acids is 1. The second-order valence-electron chi connectivity index (χ2n) is 5.09. The minimum Gasteiger partial charge on any atom is -1.00 e. The normalized spacial score (nSPS) is 19.0. The number of amides is 3. The van der Waals surface area contributed by atoms with E-state index in [9.17, 15) is 27.6 Å². The van der Waals surface area contributed by atoms with E-state index < -0.39 is 58.4 Å². The standard InChI is InChI=1S/C11H12N6O9S2.Na.H/c12-8(20)7-6(10(22)17(7)28(23,24)25)15-9(21)5(16-26-1-4(18)19)3-2-27-11(13)14-3;;/h2,6-7H,1H2,(H2,12,20)(H2,13,14)(H,15,21)(H,18,19)(H,23,24,25);;/q;+1;-1/t6-,7-;;/m0../s1. The molecule has 2 heterocycles. The number of oxime groups is 1. The average molecular weight is 460 g/mol. The van der Waals surface area contributed by atoms with Crippen molar-refractivity contribution >= 4 is 56.2 Å². The fourth-order valence-corrected chi connectivity index (χ4v) is 3.50. The van der Waals surface area contributed by atoms with E-state index >= 15 is 0 Å². The first-order valence-corrected chi connectivity index (χ1v) is 9.25. The first kappa shape index (κ1) is 24.7. The second-order valence-corrected chi connectivity index (χ2v) is 7.27. The van der Waals surface area contributed by atoms with Gasteiger partial charge in [0, 0.05) is 5.38 Å². The zero-order valence-corrected chi connectivity index (χ0v) is 18.1. The molecule has 15 nitrogen and oxygen atoms in total. The number of rotatable bonds is 8. The van der Waals surface area contributed by atoms with Gasteiger partial charge in [-0.2, -0.15) is 12.7 Å². The Morgan fingerprint density at radius 2 is 2.07 bits per heavy atom. The van der Waals surface area contributed by atoms with Gasteiger partial charge in [-0.05, 0) is 0 Å². The Bertz CT molecular complexity index is 984. The van der Waals surface area contributed by atoms with Crippen molar-refractivity contribution in [3.63, 3.8) is 0 Å². The first-order chi connectivity index (χ1) is 12.9. The Hall–Kier alpha value is -2.31. The number of primary amides is 1. The fraction of sp³-hybridized carbons (Fsp3) is 0.273. The molecule has 2 atom stereocenters. The maximum Gasteiger partial charge on any atom is 1.00 e. The minimum atomic E-state index is -5.09.